The van der Waals surface area contributed by atoms with Crippen LogP contribution in [0, 0.1) is 18.8 Å². The molecule has 0 unspecified atom stereocenters. The van der Waals surface area contributed by atoms with Crippen LogP contribution in [-0.4, -0.2) is 11.5 Å². The summed E-state index contributed by atoms with van der Waals surface area (Å²) in [5, 5.41) is 3.28. The highest BCUT2D eigenvalue weighted by Crippen LogP contribution is 2.06. The fraction of sp³-hybridized carbons (Fsp3) is 0.222. The number of rotatable bonds is 1. The molecule has 1 aromatic heterocycles. The van der Waals surface area contributed by atoms with Crippen LogP contribution < -0.4 is 5.73 Å². The minimum atomic E-state index is 0.154. The number of nitrogens with zero attached hydrogens (tertiary/aromatic N) is 4. The molecule has 2 N–H and O–H groups in total. The first kappa shape index (κ1) is 9.90. The second kappa shape index (κ2) is 4.75. The van der Waals surface area contributed by atoms with Crippen molar-refractivity contribution >= 4 is 5.69 Å². The molecule has 1 rings (SSSR count). The molecule has 70 valence electrons. The summed E-state index contributed by atoms with van der Waals surface area (Å²) in [5.41, 5.74) is 15.6. The maximum Gasteiger partial charge on any atom is 0.113 e. The van der Waals surface area contributed by atoms with Crippen molar-refractivity contribution in [1.29, 1.82) is 0 Å². The first-order chi connectivity index (χ1) is 6.74. The summed E-state index contributed by atoms with van der Waals surface area (Å²) in [6, 6.07) is 3.48. The third-order valence-electron chi connectivity index (χ3n) is 1.56. The lowest BCUT2D eigenvalue weighted by molar-refractivity contribution is 1.18. The minimum absolute atomic E-state index is 0.154. The van der Waals surface area contributed by atoms with Crippen molar-refractivity contribution < 1.29 is 0 Å². The van der Waals surface area contributed by atoms with Gasteiger partial charge in [-0.1, -0.05) is 11.0 Å². The normalized spacial score (nSPS) is 8.36. The van der Waals surface area contributed by atoms with Gasteiger partial charge in [-0.25, -0.2) is 4.98 Å². The van der Waals surface area contributed by atoms with E-state index in [0.717, 1.165) is 5.69 Å². The van der Waals surface area contributed by atoms with Gasteiger partial charge in [-0.2, -0.15) is 0 Å². The molecule has 0 aliphatic rings. The Bertz CT molecular complexity index is 434. The van der Waals surface area contributed by atoms with E-state index in [1.807, 2.05) is 6.92 Å². The maximum atomic E-state index is 8.00. The van der Waals surface area contributed by atoms with Crippen LogP contribution >= 0.6 is 0 Å². The number of nitrogen functional groups attached to an aromatic ring is 1. The lowest BCUT2D eigenvalue weighted by Crippen LogP contribution is -1.94. The number of azide groups is 1. The van der Waals surface area contributed by atoms with E-state index < -0.39 is 0 Å². The molecule has 0 atom stereocenters. The Balaban J connectivity index is 2.80. The molecule has 5 nitrogen and oxygen atoms in total. The zero-order valence-corrected chi connectivity index (χ0v) is 7.73. The van der Waals surface area contributed by atoms with Crippen LogP contribution in [0.25, 0.3) is 10.4 Å². The second-order valence-corrected chi connectivity index (χ2v) is 2.56. The third-order valence-corrected chi connectivity index (χ3v) is 1.56. The average Bonchev–Trinajstić information content (AvgIpc) is 2.18. The fourth-order valence-corrected chi connectivity index (χ4v) is 0.838. The van der Waals surface area contributed by atoms with Gasteiger partial charge in [0.1, 0.15) is 5.69 Å². The molecular weight excluding hydrogens is 178 g/mol. The fourth-order valence-electron chi connectivity index (χ4n) is 0.838. The molecule has 0 spiro atoms. The molecule has 0 aliphatic carbocycles. The van der Waals surface area contributed by atoms with Gasteiger partial charge in [-0.15, -0.1) is 0 Å². The largest absolute Gasteiger partial charge is 0.397 e. The molecule has 14 heavy (non-hydrogen) atoms. The van der Waals surface area contributed by atoms with Crippen molar-refractivity contribution in [2.24, 2.45) is 5.11 Å². The van der Waals surface area contributed by atoms with Gasteiger partial charge in [-0.3, -0.25) is 0 Å². The molecule has 1 aromatic rings. The lowest BCUT2D eigenvalue weighted by Gasteiger charge is -1.97. The van der Waals surface area contributed by atoms with Crippen LogP contribution in [0.2, 0.25) is 0 Å². The Kier molecular flexibility index (Phi) is 3.36. The van der Waals surface area contributed by atoms with Gasteiger partial charge in [0, 0.05) is 4.91 Å². The summed E-state index contributed by atoms with van der Waals surface area (Å²) in [4.78, 5) is 6.72. The molecule has 1 heterocycles. The molecule has 0 bridgehead atoms. The van der Waals surface area contributed by atoms with E-state index >= 15 is 0 Å². The number of nitrogens with two attached hydrogens (primary N) is 1. The van der Waals surface area contributed by atoms with E-state index in [2.05, 4.69) is 26.9 Å². The zero-order valence-electron chi connectivity index (χ0n) is 7.73. The van der Waals surface area contributed by atoms with Crippen molar-refractivity contribution in [1.82, 2.24) is 4.98 Å². The summed E-state index contributed by atoms with van der Waals surface area (Å²) in [7, 11) is 0. The van der Waals surface area contributed by atoms with E-state index in [-0.39, 0.29) is 6.54 Å². The Labute approximate surface area is 81.6 Å². The third kappa shape index (κ3) is 2.70. The number of aromatic nitrogens is 1. The second-order valence-electron chi connectivity index (χ2n) is 2.56. The van der Waals surface area contributed by atoms with Crippen molar-refractivity contribution in [3.8, 4) is 11.8 Å². The smallest absolute Gasteiger partial charge is 0.113 e. The van der Waals surface area contributed by atoms with Crippen molar-refractivity contribution in [3.63, 3.8) is 0 Å². The van der Waals surface area contributed by atoms with Gasteiger partial charge >= 0.3 is 0 Å². The van der Waals surface area contributed by atoms with Crippen molar-refractivity contribution in [3.05, 3.63) is 34.0 Å². The summed E-state index contributed by atoms with van der Waals surface area (Å²) >= 11 is 0. The van der Waals surface area contributed by atoms with Crippen LogP contribution in [-0.2, 0) is 0 Å². The molecule has 0 radical (unpaired) electrons. The van der Waals surface area contributed by atoms with Gasteiger partial charge in [0.05, 0.1) is 17.9 Å². The molecule has 0 aliphatic heterocycles. The standard InChI is InChI=1S/C9H9N5/c1-7-9(10)5-4-8(13-7)3-2-6-12-14-11/h4-5H,6,10H2,1H3. The maximum absolute atomic E-state index is 8.00. The summed E-state index contributed by atoms with van der Waals surface area (Å²) in [5.74, 6) is 5.44. The van der Waals surface area contributed by atoms with E-state index in [1.165, 1.54) is 0 Å². The molecule has 5 heteroatoms. The highest BCUT2D eigenvalue weighted by atomic mass is 15.1. The Morgan fingerprint density at radius 2 is 2.43 bits per heavy atom. The lowest BCUT2D eigenvalue weighted by atomic mass is 10.3. The summed E-state index contributed by atoms with van der Waals surface area (Å²) in [6.07, 6.45) is 0. The predicted octanol–water partition coefficient (Wildman–Crippen LogP) is 1.63. The predicted molar refractivity (Wildman–Crippen MR) is 54.3 cm³/mol. The summed E-state index contributed by atoms with van der Waals surface area (Å²) < 4.78 is 0. The molecule has 0 saturated carbocycles. The van der Waals surface area contributed by atoms with E-state index in [0.29, 0.717) is 11.4 Å². The highest BCUT2D eigenvalue weighted by molar-refractivity contribution is 5.45. The van der Waals surface area contributed by atoms with Crippen molar-refractivity contribution in [2.45, 2.75) is 6.92 Å². The topological polar surface area (TPSA) is 87.7 Å². The van der Waals surface area contributed by atoms with Crippen LogP contribution in [0.15, 0.2) is 17.2 Å². The highest BCUT2D eigenvalue weighted by Gasteiger charge is 1.94. The van der Waals surface area contributed by atoms with Gasteiger partial charge in [0.2, 0.25) is 0 Å². The van der Waals surface area contributed by atoms with Crippen molar-refractivity contribution in [2.75, 3.05) is 12.3 Å². The van der Waals surface area contributed by atoms with Gasteiger partial charge < -0.3 is 5.73 Å². The zero-order chi connectivity index (χ0) is 10.4. The van der Waals surface area contributed by atoms with Gasteiger partial charge in [0.25, 0.3) is 0 Å². The molecular formula is C9H9N5. The quantitative estimate of drug-likeness (QED) is 0.313. The SMILES string of the molecule is Cc1nc(C#CCN=[N+]=[N-])ccc1N. The molecule has 0 amide bonds. The van der Waals surface area contributed by atoms with E-state index in [9.17, 15) is 0 Å². The molecule has 0 saturated heterocycles. The van der Waals surface area contributed by atoms with Crippen LogP contribution in [0.4, 0.5) is 5.69 Å². The van der Waals surface area contributed by atoms with Gasteiger partial charge in [0.15, 0.2) is 0 Å². The summed E-state index contributed by atoms with van der Waals surface area (Å²) in [6.45, 7) is 1.97. The Morgan fingerprint density at radius 3 is 3.07 bits per heavy atom. The van der Waals surface area contributed by atoms with E-state index in [4.69, 9.17) is 11.3 Å². The first-order valence-corrected chi connectivity index (χ1v) is 3.97. The number of pyridine rings is 1. The van der Waals surface area contributed by atoms with Gasteiger partial charge in [-0.05, 0) is 30.5 Å². The average molecular weight is 187 g/mol. The number of hydrogen-bond donors (Lipinski definition) is 1. The Hall–Kier alpha value is -2.18. The number of anilines is 1. The minimum Gasteiger partial charge on any atom is -0.397 e. The molecule has 0 fully saturated rings. The van der Waals surface area contributed by atoms with Crippen LogP contribution in [0.5, 0.6) is 0 Å². The Morgan fingerprint density at radius 1 is 1.64 bits per heavy atom. The number of hydrogen-bond acceptors (Lipinski definition) is 3. The van der Waals surface area contributed by atoms with Crippen LogP contribution in [0.1, 0.15) is 11.4 Å². The van der Waals surface area contributed by atoms with E-state index in [1.54, 1.807) is 12.1 Å². The van der Waals surface area contributed by atoms with Crippen LogP contribution in [0.3, 0.4) is 0 Å². The molecule has 0 aromatic carbocycles. The first-order valence-electron chi connectivity index (χ1n) is 3.97. The number of aryl methyl sites for hydroxylation is 1. The monoisotopic (exact) mass is 187 g/mol.